The molecule has 1 aromatic carbocycles. The molecule has 0 aliphatic heterocycles. The van der Waals surface area contributed by atoms with Crippen molar-refractivity contribution >= 4 is 34.2 Å². The van der Waals surface area contributed by atoms with Crippen LogP contribution >= 0.6 is 22.6 Å². The van der Waals surface area contributed by atoms with Crippen LogP contribution in [0.4, 0.5) is 5.69 Å². The molecule has 0 aliphatic rings. The van der Waals surface area contributed by atoms with Crippen molar-refractivity contribution in [3.63, 3.8) is 0 Å². The summed E-state index contributed by atoms with van der Waals surface area (Å²) in [6, 6.07) is 11.5. The Labute approximate surface area is 120 Å². The molecule has 0 aliphatic carbocycles. The number of benzene rings is 1. The number of carbonyl (C=O) groups is 1. The maximum absolute atomic E-state index is 11.8. The number of hydrogen-bond donors (Lipinski definition) is 1. The van der Waals surface area contributed by atoms with Gasteiger partial charge in [-0.3, -0.25) is 4.79 Å². The fraction of sp³-hybridized carbons (Fsp3) is 0.214. The largest absolute Gasteiger partial charge is 0.466 e. The number of nitrogens with one attached hydrogen (secondary N) is 1. The minimum Gasteiger partial charge on any atom is -0.466 e. The zero-order chi connectivity index (χ0) is 13.0. The highest BCUT2D eigenvalue weighted by atomic mass is 127. The van der Waals surface area contributed by atoms with Crippen LogP contribution in [0.5, 0.6) is 0 Å². The standard InChI is InChI=1S/C14H14INO2/c1-10-6-7-11(18-10)8-9-14(17)16-13-5-3-2-4-12(13)15/h2-7H,8-9H2,1H3,(H,16,17). The van der Waals surface area contributed by atoms with Crippen LogP contribution in [0.15, 0.2) is 40.8 Å². The Morgan fingerprint density at radius 1 is 1.28 bits per heavy atom. The van der Waals surface area contributed by atoms with E-state index >= 15 is 0 Å². The summed E-state index contributed by atoms with van der Waals surface area (Å²) in [5.41, 5.74) is 0.860. The summed E-state index contributed by atoms with van der Waals surface area (Å²) >= 11 is 2.20. The molecule has 3 nitrogen and oxygen atoms in total. The van der Waals surface area contributed by atoms with Crippen LogP contribution in [0.3, 0.4) is 0 Å². The number of anilines is 1. The van der Waals surface area contributed by atoms with E-state index in [-0.39, 0.29) is 5.91 Å². The lowest BCUT2D eigenvalue weighted by atomic mass is 10.2. The van der Waals surface area contributed by atoms with E-state index in [1.807, 2.05) is 43.3 Å². The molecule has 0 saturated carbocycles. The van der Waals surface area contributed by atoms with E-state index in [0.29, 0.717) is 12.8 Å². The third-order valence-corrected chi connectivity index (χ3v) is 3.48. The fourth-order valence-electron chi connectivity index (χ4n) is 1.63. The topological polar surface area (TPSA) is 42.2 Å². The fourth-order valence-corrected chi connectivity index (χ4v) is 2.15. The van der Waals surface area contributed by atoms with Crippen LogP contribution < -0.4 is 5.32 Å². The molecule has 0 unspecified atom stereocenters. The molecule has 2 aromatic rings. The lowest BCUT2D eigenvalue weighted by Gasteiger charge is -2.06. The lowest BCUT2D eigenvalue weighted by molar-refractivity contribution is -0.116. The van der Waals surface area contributed by atoms with Crippen molar-refractivity contribution in [2.45, 2.75) is 19.8 Å². The average Bonchev–Trinajstić information content (AvgIpc) is 2.76. The van der Waals surface area contributed by atoms with Crippen molar-refractivity contribution in [1.82, 2.24) is 0 Å². The summed E-state index contributed by atoms with van der Waals surface area (Å²) in [7, 11) is 0. The second kappa shape index (κ2) is 6.04. The maximum Gasteiger partial charge on any atom is 0.224 e. The van der Waals surface area contributed by atoms with E-state index in [4.69, 9.17) is 4.42 Å². The molecule has 2 rings (SSSR count). The maximum atomic E-state index is 11.8. The van der Waals surface area contributed by atoms with Crippen molar-refractivity contribution in [3.8, 4) is 0 Å². The zero-order valence-electron chi connectivity index (χ0n) is 10.1. The Balaban J connectivity index is 1.88. The first-order valence-corrected chi connectivity index (χ1v) is 6.83. The lowest BCUT2D eigenvalue weighted by Crippen LogP contribution is -2.12. The molecular weight excluding hydrogens is 341 g/mol. The SMILES string of the molecule is Cc1ccc(CCC(=O)Nc2ccccc2I)o1. The molecule has 94 valence electrons. The molecule has 0 radical (unpaired) electrons. The summed E-state index contributed by atoms with van der Waals surface area (Å²) < 4.78 is 6.47. The molecule has 1 aromatic heterocycles. The second-order valence-electron chi connectivity index (χ2n) is 4.04. The molecule has 18 heavy (non-hydrogen) atoms. The highest BCUT2D eigenvalue weighted by Gasteiger charge is 2.07. The summed E-state index contributed by atoms with van der Waals surface area (Å²) in [5, 5.41) is 2.90. The third-order valence-electron chi connectivity index (χ3n) is 2.54. The third kappa shape index (κ3) is 3.60. The summed E-state index contributed by atoms with van der Waals surface area (Å²) in [5.74, 6) is 1.74. The van der Waals surface area contributed by atoms with Gasteiger partial charge < -0.3 is 9.73 Å². The predicted molar refractivity (Wildman–Crippen MR) is 79.6 cm³/mol. The average molecular weight is 355 g/mol. The monoisotopic (exact) mass is 355 g/mol. The smallest absolute Gasteiger partial charge is 0.224 e. The van der Waals surface area contributed by atoms with Gasteiger partial charge >= 0.3 is 0 Å². The van der Waals surface area contributed by atoms with Gasteiger partial charge in [0.15, 0.2) is 0 Å². The molecule has 1 N–H and O–H groups in total. The molecular formula is C14H14INO2. The molecule has 0 atom stereocenters. The number of carbonyl (C=O) groups excluding carboxylic acids is 1. The summed E-state index contributed by atoms with van der Waals surface area (Å²) in [6.45, 7) is 1.90. The highest BCUT2D eigenvalue weighted by Crippen LogP contribution is 2.17. The zero-order valence-corrected chi connectivity index (χ0v) is 12.2. The van der Waals surface area contributed by atoms with E-state index < -0.39 is 0 Å². The van der Waals surface area contributed by atoms with Crippen LogP contribution in [-0.2, 0) is 11.2 Å². The van der Waals surface area contributed by atoms with Gasteiger partial charge in [-0.2, -0.15) is 0 Å². The molecule has 4 heteroatoms. The second-order valence-corrected chi connectivity index (χ2v) is 5.20. The van der Waals surface area contributed by atoms with Crippen LogP contribution in [0.25, 0.3) is 0 Å². The molecule has 0 spiro atoms. The van der Waals surface area contributed by atoms with E-state index in [1.165, 1.54) is 0 Å². The minimum absolute atomic E-state index is 0.00756. The first-order valence-electron chi connectivity index (χ1n) is 5.75. The quantitative estimate of drug-likeness (QED) is 0.849. The van der Waals surface area contributed by atoms with Gasteiger partial charge in [-0.1, -0.05) is 12.1 Å². The van der Waals surface area contributed by atoms with Crippen molar-refractivity contribution in [2.75, 3.05) is 5.32 Å². The molecule has 1 amide bonds. The van der Waals surface area contributed by atoms with E-state index in [1.54, 1.807) is 0 Å². The van der Waals surface area contributed by atoms with Crippen molar-refractivity contribution in [2.24, 2.45) is 0 Å². The Morgan fingerprint density at radius 3 is 2.72 bits per heavy atom. The van der Waals surface area contributed by atoms with Crippen LogP contribution in [0, 0.1) is 10.5 Å². The minimum atomic E-state index is 0.00756. The Hall–Kier alpha value is -1.30. The van der Waals surface area contributed by atoms with Crippen LogP contribution in [-0.4, -0.2) is 5.91 Å². The predicted octanol–water partition coefficient (Wildman–Crippen LogP) is 3.76. The van der Waals surface area contributed by atoms with Gasteiger partial charge in [0.25, 0.3) is 0 Å². The van der Waals surface area contributed by atoms with Gasteiger partial charge in [0.1, 0.15) is 11.5 Å². The van der Waals surface area contributed by atoms with E-state index in [9.17, 15) is 4.79 Å². The summed E-state index contributed by atoms with van der Waals surface area (Å²) in [6.07, 6.45) is 1.06. The Kier molecular flexibility index (Phi) is 4.41. The number of halogens is 1. The Bertz CT molecular complexity index is 548. The van der Waals surface area contributed by atoms with Crippen LogP contribution in [0.2, 0.25) is 0 Å². The van der Waals surface area contributed by atoms with Gasteiger partial charge in [-0.05, 0) is 53.8 Å². The Morgan fingerprint density at radius 2 is 2.06 bits per heavy atom. The van der Waals surface area contributed by atoms with Gasteiger partial charge in [-0.15, -0.1) is 0 Å². The van der Waals surface area contributed by atoms with Crippen LogP contribution in [0.1, 0.15) is 17.9 Å². The van der Waals surface area contributed by atoms with Gasteiger partial charge in [0.2, 0.25) is 5.91 Å². The number of aryl methyl sites for hydroxylation is 2. The molecule has 0 fully saturated rings. The van der Waals surface area contributed by atoms with Crippen molar-refractivity contribution in [1.29, 1.82) is 0 Å². The molecule has 0 bridgehead atoms. The number of amides is 1. The first-order chi connectivity index (χ1) is 8.65. The van der Waals surface area contributed by atoms with E-state index in [0.717, 1.165) is 20.8 Å². The van der Waals surface area contributed by atoms with Crippen molar-refractivity contribution in [3.05, 3.63) is 51.5 Å². The molecule has 0 saturated heterocycles. The highest BCUT2D eigenvalue weighted by molar-refractivity contribution is 14.1. The van der Waals surface area contributed by atoms with Crippen molar-refractivity contribution < 1.29 is 9.21 Å². The summed E-state index contributed by atoms with van der Waals surface area (Å²) in [4.78, 5) is 11.8. The van der Waals surface area contributed by atoms with Gasteiger partial charge in [0.05, 0.1) is 5.69 Å². The number of hydrogen-bond acceptors (Lipinski definition) is 2. The number of furan rings is 1. The van der Waals surface area contributed by atoms with E-state index in [2.05, 4.69) is 27.9 Å². The number of para-hydroxylation sites is 1. The van der Waals surface area contributed by atoms with Gasteiger partial charge in [0, 0.05) is 16.4 Å². The normalized spacial score (nSPS) is 10.3. The molecule has 1 heterocycles. The first kappa shape index (κ1) is 13.1. The van der Waals surface area contributed by atoms with Gasteiger partial charge in [-0.25, -0.2) is 0 Å². The number of rotatable bonds is 4.